The molecule has 0 saturated heterocycles. The second-order valence-corrected chi connectivity index (χ2v) is 16.7. The number of hydrogen-bond acceptors (Lipinski definition) is 10. The highest BCUT2D eigenvalue weighted by molar-refractivity contribution is 7.86. The summed E-state index contributed by atoms with van der Waals surface area (Å²) in [4.78, 5) is 26.1. The lowest BCUT2D eigenvalue weighted by molar-refractivity contribution is -0.134. The first-order valence-electron chi connectivity index (χ1n) is 19.4. The molecular weight excluding hydrogens is 759 g/mol. The molecule has 0 radical (unpaired) electrons. The number of hydrogen-bond donors (Lipinski definition) is 3. The monoisotopic (exact) mass is 811 g/mol. The van der Waals surface area contributed by atoms with E-state index in [-0.39, 0.29) is 6.61 Å². The largest absolute Gasteiger partial charge is 0.339 e. The zero-order valence-corrected chi connectivity index (χ0v) is 33.5. The lowest BCUT2D eigenvalue weighted by Crippen LogP contribution is -2.53. The minimum atomic E-state index is -5.03. The summed E-state index contributed by atoms with van der Waals surface area (Å²) in [5, 5.41) is 16.4. The zero-order chi connectivity index (χ0) is 40.4. The lowest BCUT2D eigenvalue weighted by Gasteiger charge is -2.24. The van der Waals surface area contributed by atoms with Crippen molar-refractivity contribution in [1.29, 1.82) is 0 Å². The predicted molar refractivity (Wildman–Crippen MR) is 214 cm³/mol. The molecule has 3 N–H and O–H groups in total. The van der Waals surface area contributed by atoms with Gasteiger partial charge in [-0.1, -0.05) is 140 Å². The summed E-state index contributed by atoms with van der Waals surface area (Å²) in [6, 6.07) is 18.7. The molecule has 14 nitrogen and oxygen atoms in total. The number of rotatable bonds is 24. The number of anilines is 1. The maximum atomic E-state index is 14.3. The second-order valence-electron chi connectivity index (χ2n) is 13.8. The third-order valence-electron chi connectivity index (χ3n) is 9.35. The highest BCUT2D eigenvalue weighted by atomic mass is 32.2. The molecule has 0 fully saturated rings. The van der Waals surface area contributed by atoms with E-state index >= 15 is 0 Å². The van der Waals surface area contributed by atoms with Crippen molar-refractivity contribution in [2.24, 2.45) is 15.3 Å². The molecule has 3 aromatic carbocycles. The molecule has 16 heteroatoms. The average molecular weight is 812 g/mol. The summed E-state index contributed by atoms with van der Waals surface area (Å²) in [6.45, 7) is 2.27. The van der Waals surface area contributed by atoms with Crippen molar-refractivity contribution >= 4 is 49.3 Å². The molecule has 1 atom stereocenters. The molecule has 0 aliphatic carbocycles. The van der Waals surface area contributed by atoms with E-state index in [9.17, 15) is 35.5 Å². The Morgan fingerprint density at radius 3 is 1.66 bits per heavy atom. The number of benzene rings is 3. The predicted octanol–water partition coefficient (Wildman–Crippen LogP) is 9.03. The molecule has 1 unspecified atom stereocenters. The van der Waals surface area contributed by atoms with Crippen molar-refractivity contribution in [3.05, 3.63) is 84.4 Å². The van der Waals surface area contributed by atoms with Crippen molar-refractivity contribution in [3.63, 3.8) is 0 Å². The van der Waals surface area contributed by atoms with Crippen LogP contribution in [0.5, 0.6) is 0 Å². The molecule has 0 bridgehead atoms. The molecule has 1 aliphatic heterocycles. The van der Waals surface area contributed by atoms with Crippen LogP contribution in [0.2, 0.25) is 0 Å². The Kier molecular flexibility index (Phi) is 17.3. The van der Waals surface area contributed by atoms with Crippen LogP contribution in [0.4, 0.5) is 11.4 Å². The fourth-order valence-electron chi connectivity index (χ4n) is 6.23. The molecule has 56 heavy (non-hydrogen) atoms. The quantitative estimate of drug-likeness (QED) is 0.0448. The van der Waals surface area contributed by atoms with Gasteiger partial charge >= 0.3 is 11.6 Å². The molecule has 0 saturated carbocycles. The van der Waals surface area contributed by atoms with Gasteiger partial charge < -0.3 is 10.1 Å². The van der Waals surface area contributed by atoms with E-state index in [1.54, 1.807) is 60.7 Å². The highest BCUT2D eigenvalue weighted by Crippen LogP contribution is 2.32. The Labute approximate surface area is 330 Å². The lowest BCUT2D eigenvalue weighted by atomic mass is 10.0. The number of ether oxygens (including phenoxy) is 1. The maximum absolute atomic E-state index is 14.3. The van der Waals surface area contributed by atoms with E-state index in [1.807, 2.05) is 0 Å². The van der Waals surface area contributed by atoms with Crippen molar-refractivity contribution in [1.82, 2.24) is 5.32 Å². The van der Waals surface area contributed by atoms with Crippen LogP contribution in [0.3, 0.4) is 0 Å². The first-order chi connectivity index (χ1) is 26.8. The van der Waals surface area contributed by atoms with E-state index in [2.05, 4.69) is 27.6 Å². The smallest absolute Gasteiger partial charge is 0.321 e. The van der Waals surface area contributed by atoms with Crippen LogP contribution in [0.25, 0.3) is 0 Å². The Balaban J connectivity index is 1.47. The van der Waals surface area contributed by atoms with Gasteiger partial charge in [-0.3, -0.25) is 18.7 Å². The molecule has 1 aliphatic rings. The van der Waals surface area contributed by atoms with Gasteiger partial charge in [0.1, 0.15) is 0 Å². The normalized spacial score (nSPS) is 16.1. The van der Waals surface area contributed by atoms with Crippen LogP contribution in [-0.2, 0) is 29.8 Å². The van der Waals surface area contributed by atoms with Crippen molar-refractivity contribution in [3.8, 4) is 0 Å². The summed E-state index contributed by atoms with van der Waals surface area (Å²) in [6.07, 6.45) is 18.8. The fourth-order valence-corrected chi connectivity index (χ4v) is 7.41. The van der Waals surface area contributed by atoms with Crippen LogP contribution >= 0.6 is 0 Å². The van der Waals surface area contributed by atoms with Crippen LogP contribution in [-0.4, -0.2) is 55.9 Å². The average Bonchev–Trinajstić information content (AvgIpc) is 3.44. The minimum absolute atomic E-state index is 0.0284. The fraction of sp³-hybridized carbons (Fsp3) is 0.475. The Morgan fingerprint density at radius 1 is 0.714 bits per heavy atom. The minimum Gasteiger partial charge on any atom is -0.339 e. The molecule has 0 aromatic heterocycles. The zero-order valence-electron chi connectivity index (χ0n) is 31.9. The van der Waals surface area contributed by atoms with E-state index in [1.165, 1.54) is 70.6 Å². The second kappa shape index (κ2) is 21.8. The van der Waals surface area contributed by atoms with Gasteiger partial charge in [0.2, 0.25) is 0 Å². The molecule has 0 spiro atoms. The SMILES string of the molecule is CCCCCCCCCCCCCCCCCCOC1(N=Nc2ccccc2)C(=O)N(c2ccccc2)N=C1NC(=O)c1cc(S(=O)(=O)O)cc(S(=O)(=O)O)c1. The third kappa shape index (κ3) is 13.4. The first-order valence-corrected chi connectivity index (χ1v) is 22.2. The Bertz CT molecular complexity index is 1960. The summed E-state index contributed by atoms with van der Waals surface area (Å²) in [5.74, 6) is -2.38. The molecule has 2 amide bonds. The van der Waals surface area contributed by atoms with Gasteiger partial charge in [-0.15, -0.1) is 10.2 Å². The van der Waals surface area contributed by atoms with E-state index < -0.39 is 59.0 Å². The summed E-state index contributed by atoms with van der Waals surface area (Å²) in [5.41, 5.74) is -2.24. The number of nitrogens with zero attached hydrogens (tertiary/aromatic N) is 4. The summed E-state index contributed by atoms with van der Waals surface area (Å²) < 4.78 is 73.3. The van der Waals surface area contributed by atoms with Crippen LogP contribution in [0, 0.1) is 0 Å². The third-order valence-corrected chi connectivity index (χ3v) is 11.0. The standard InChI is InChI=1S/C40H53N5O9S2/c1-2-3-4-5-6-7-8-9-10-11-12-13-14-15-16-23-28-54-40(44-42-33-24-19-17-20-25-33)38(43-45(39(40)47)34-26-21-18-22-27-34)41-37(46)32-29-35(55(48,49)50)31-36(30-32)56(51,52)53/h17-22,24-27,29-31H,2-16,23,28H2,1H3,(H,41,43,46)(H,48,49,50)(H,51,52,53). The van der Waals surface area contributed by atoms with Gasteiger partial charge in [-0.25, -0.2) is 0 Å². The van der Waals surface area contributed by atoms with Crippen LogP contribution < -0.4 is 10.3 Å². The number of carbonyl (C=O) groups is 2. The Hall–Kier alpha value is -4.35. The number of amidine groups is 1. The number of amides is 2. The van der Waals surface area contributed by atoms with Crippen LogP contribution in [0.1, 0.15) is 120 Å². The van der Waals surface area contributed by atoms with Gasteiger partial charge in [0.05, 0.1) is 27.8 Å². The van der Waals surface area contributed by atoms with Crippen molar-refractivity contribution in [2.45, 2.75) is 125 Å². The van der Waals surface area contributed by atoms with Gasteiger partial charge in [-0.2, -0.15) is 27.0 Å². The van der Waals surface area contributed by atoms with Gasteiger partial charge in [-0.05, 0) is 48.9 Å². The topological polar surface area (TPSA) is 204 Å². The molecule has 304 valence electrons. The summed E-state index contributed by atoms with van der Waals surface area (Å²) >= 11 is 0. The van der Waals surface area contributed by atoms with Crippen LogP contribution in [0.15, 0.2) is 104 Å². The number of nitrogens with one attached hydrogen (secondary N) is 1. The highest BCUT2D eigenvalue weighted by Gasteiger charge is 2.55. The van der Waals surface area contributed by atoms with Gasteiger partial charge in [0, 0.05) is 5.56 Å². The van der Waals surface area contributed by atoms with E-state index in [0.29, 0.717) is 36.0 Å². The van der Waals surface area contributed by atoms with E-state index in [4.69, 9.17) is 4.74 Å². The molecule has 4 rings (SSSR count). The molecular formula is C40H53N5O9S2. The molecule has 3 aromatic rings. The van der Waals surface area contributed by atoms with Crippen molar-refractivity contribution in [2.75, 3.05) is 11.6 Å². The first kappa shape index (κ1) is 44.4. The molecule has 1 heterocycles. The van der Waals surface area contributed by atoms with Gasteiger partial charge in [0.15, 0.2) is 5.84 Å². The summed E-state index contributed by atoms with van der Waals surface area (Å²) in [7, 11) is -10.1. The number of azo groups is 1. The van der Waals surface area contributed by atoms with E-state index in [0.717, 1.165) is 30.7 Å². The number of para-hydroxylation sites is 1. The Morgan fingerprint density at radius 2 is 1.18 bits per heavy atom. The number of carbonyl (C=O) groups excluding carboxylic acids is 2. The van der Waals surface area contributed by atoms with Gasteiger partial charge in [0.25, 0.3) is 26.1 Å². The maximum Gasteiger partial charge on any atom is 0.321 e. The van der Waals surface area contributed by atoms with Crippen molar-refractivity contribution < 1.29 is 40.3 Å². The number of hydrazone groups is 1. The number of unbranched alkanes of at least 4 members (excludes halogenated alkanes) is 15.